The lowest BCUT2D eigenvalue weighted by atomic mass is 10.0. The van der Waals surface area contributed by atoms with Crippen molar-refractivity contribution in [3.05, 3.63) is 24.3 Å². The monoisotopic (exact) mass is 1140 g/mol. The molecule has 0 fully saturated rings. The van der Waals surface area contributed by atoms with Gasteiger partial charge in [-0.15, -0.1) is 0 Å². The molecule has 0 spiro atoms. The first kappa shape index (κ1) is 78.9. The zero-order valence-corrected chi connectivity index (χ0v) is 55.1. The molecule has 0 saturated heterocycles. The van der Waals surface area contributed by atoms with Gasteiger partial charge in [0.25, 0.3) is 0 Å². The maximum Gasteiger partial charge on any atom is 0.306 e. The van der Waals surface area contributed by atoms with Gasteiger partial charge in [-0.2, -0.15) is 0 Å². The summed E-state index contributed by atoms with van der Waals surface area (Å²) in [6.07, 6.45) is 86.5. The summed E-state index contributed by atoms with van der Waals surface area (Å²) in [5.41, 5.74) is 0. The highest BCUT2D eigenvalue weighted by Crippen LogP contribution is 2.19. The third-order valence-corrected chi connectivity index (χ3v) is 16.9. The molecule has 0 aromatic carbocycles. The van der Waals surface area contributed by atoms with E-state index in [2.05, 4.69) is 45.1 Å². The molecule has 0 saturated carbocycles. The molecule has 0 heterocycles. The van der Waals surface area contributed by atoms with Gasteiger partial charge in [0.1, 0.15) is 13.2 Å². The van der Waals surface area contributed by atoms with Gasteiger partial charge in [-0.1, -0.05) is 353 Å². The lowest BCUT2D eigenvalue weighted by Crippen LogP contribution is -2.30. The number of hydrogen-bond donors (Lipinski definition) is 0. The van der Waals surface area contributed by atoms with E-state index in [0.29, 0.717) is 19.3 Å². The summed E-state index contributed by atoms with van der Waals surface area (Å²) in [5, 5.41) is 0. The Balaban J connectivity index is 4.15. The molecule has 6 nitrogen and oxygen atoms in total. The fourth-order valence-electron chi connectivity index (χ4n) is 11.4. The Morgan fingerprint density at radius 1 is 0.235 bits per heavy atom. The van der Waals surface area contributed by atoms with Crippen LogP contribution in [-0.2, 0) is 28.6 Å². The molecule has 0 aliphatic carbocycles. The van der Waals surface area contributed by atoms with E-state index in [-0.39, 0.29) is 31.1 Å². The van der Waals surface area contributed by atoms with Crippen LogP contribution in [0.2, 0.25) is 0 Å². The largest absolute Gasteiger partial charge is 0.462 e. The molecule has 1 atom stereocenters. The van der Waals surface area contributed by atoms with Crippen LogP contribution < -0.4 is 0 Å². The van der Waals surface area contributed by atoms with Crippen LogP contribution in [0.3, 0.4) is 0 Å². The molecule has 0 bridgehead atoms. The summed E-state index contributed by atoms with van der Waals surface area (Å²) >= 11 is 0. The molecular formula is C75H142O6. The first-order valence-corrected chi connectivity index (χ1v) is 36.8. The second-order valence-electron chi connectivity index (χ2n) is 25.2. The number of allylic oxidation sites excluding steroid dienone is 4. The van der Waals surface area contributed by atoms with Crippen LogP contribution in [0.4, 0.5) is 0 Å². The predicted molar refractivity (Wildman–Crippen MR) is 353 cm³/mol. The molecule has 0 aliphatic rings. The maximum atomic E-state index is 12.9. The van der Waals surface area contributed by atoms with Gasteiger partial charge in [0.05, 0.1) is 0 Å². The van der Waals surface area contributed by atoms with Gasteiger partial charge in [-0.3, -0.25) is 14.4 Å². The third-order valence-electron chi connectivity index (χ3n) is 16.9. The Kier molecular flexibility index (Phi) is 68.5. The van der Waals surface area contributed by atoms with Crippen molar-refractivity contribution < 1.29 is 28.6 Å². The molecule has 0 aromatic rings. The number of esters is 3. The fourth-order valence-corrected chi connectivity index (χ4v) is 11.4. The van der Waals surface area contributed by atoms with Crippen LogP contribution in [0.15, 0.2) is 24.3 Å². The Morgan fingerprint density at radius 2 is 0.407 bits per heavy atom. The molecule has 0 aromatic heterocycles. The molecule has 0 rings (SSSR count). The van der Waals surface area contributed by atoms with Crippen LogP contribution in [-0.4, -0.2) is 37.2 Å². The number of hydrogen-bond acceptors (Lipinski definition) is 6. The van der Waals surface area contributed by atoms with Crippen molar-refractivity contribution in [2.45, 2.75) is 425 Å². The van der Waals surface area contributed by atoms with Crippen LogP contribution in [0, 0.1) is 0 Å². The summed E-state index contributed by atoms with van der Waals surface area (Å²) in [7, 11) is 0. The first-order chi connectivity index (χ1) is 40.0. The van der Waals surface area contributed by atoms with E-state index in [9.17, 15) is 14.4 Å². The Morgan fingerprint density at radius 3 is 0.617 bits per heavy atom. The standard InChI is InChI=1S/C75H142O6/c1-4-7-10-13-16-19-22-25-28-31-32-33-34-35-36-37-38-39-40-41-42-43-44-45-48-50-53-56-59-62-65-68-74(77)80-71-72(81-75(78)69-66-63-60-57-54-51-47-30-27-24-21-18-15-12-9-6-3)70-79-73(76)67-64-61-58-55-52-49-46-29-26-23-20-17-14-11-8-5-2/h30-32,47,72H,4-29,33-46,48-71H2,1-3H3/b32-31-,47-30-. The van der Waals surface area contributed by atoms with E-state index in [0.717, 1.165) is 64.2 Å². The van der Waals surface area contributed by atoms with E-state index in [1.165, 1.54) is 315 Å². The SMILES string of the molecule is CCCCCCCCC/C=C\CCCCCCCC(=O)OC(COC(=O)CCCCCCCCCCCCCCCCCC)COC(=O)CCCCCCCCCCCCCCCCCCCCC/C=C\CCCCCCCCCC. The average Bonchev–Trinajstić information content (AvgIpc) is 3.47. The summed E-state index contributed by atoms with van der Waals surface area (Å²) in [4.78, 5) is 38.4. The summed E-state index contributed by atoms with van der Waals surface area (Å²) < 4.78 is 17.0. The van der Waals surface area contributed by atoms with Crippen LogP contribution in [0.25, 0.3) is 0 Å². The van der Waals surface area contributed by atoms with Crippen LogP contribution in [0.1, 0.15) is 419 Å². The van der Waals surface area contributed by atoms with Gasteiger partial charge in [-0.05, 0) is 70.6 Å². The first-order valence-electron chi connectivity index (χ1n) is 36.8. The van der Waals surface area contributed by atoms with Gasteiger partial charge in [0, 0.05) is 19.3 Å². The van der Waals surface area contributed by atoms with Gasteiger partial charge in [0.2, 0.25) is 0 Å². The van der Waals surface area contributed by atoms with Crippen LogP contribution >= 0.6 is 0 Å². The molecule has 0 amide bonds. The Labute approximate surface area is 506 Å². The number of ether oxygens (including phenoxy) is 3. The van der Waals surface area contributed by atoms with Crippen molar-refractivity contribution in [2.75, 3.05) is 13.2 Å². The van der Waals surface area contributed by atoms with E-state index in [1.807, 2.05) is 0 Å². The van der Waals surface area contributed by atoms with E-state index >= 15 is 0 Å². The van der Waals surface area contributed by atoms with E-state index < -0.39 is 6.10 Å². The molecule has 81 heavy (non-hydrogen) atoms. The lowest BCUT2D eigenvalue weighted by molar-refractivity contribution is -0.167. The molecular weight excluding hydrogens is 997 g/mol. The van der Waals surface area contributed by atoms with Crippen molar-refractivity contribution in [1.82, 2.24) is 0 Å². The lowest BCUT2D eigenvalue weighted by Gasteiger charge is -2.18. The highest BCUT2D eigenvalue weighted by atomic mass is 16.6. The summed E-state index contributed by atoms with van der Waals surface area (Å²) in [6, 6.07) is 0. The normalized spacial score (nSPS) is 12.1. The smallest absolute Gasteiger partial charge is 0.306 e. The quantitative estimate of drug-likeness (QED) is 0.0261. The van der Waals surface area contributed by atoms with E-state index in [4.69, 9.17) is 14.2 Å². The zero-order chi connectivity index (χ0) is 58.5. The second-order valence-corrected chi connectivity index (χ2v) is 25.2. The summed E-state index contributed by atoms with van der Waals surface area (Å²) in [6.45, 7) is 6.71. The Bertz CT molecular complexity index is 1310. The van der Waals surface area contributed by atoms with Crippen molar-refractivity contribution in [3.8, 4) is 0 Å². The van der Waals surface area contributed by atoms with Crippen molar-refractivity contribution >= 4 is 17.9 Å². The van der Waals surface area contributed by atoms with Gasteiger partial charge < -0.3 is 14.2 Å². The third kappa shape index (κ3) is 68.6. The number of rotatable bonds is 69. The molecule has 0 N–H and O–H groups in total. The number of carbonyl (C=O) groups is 3. The van der Waals surface area contributed by atoms with Crippen molar-refractivity contribution in [2.24, 2.45) is 0 Å². The van der Waals surface area contributed by atoms with Crippen molar-refractivity contribution in [1.29, 1.82) is 0 Å². The van der Waals surface area contributed by atoms with Crippen molar-refractivity contribution in [3.63, 3.8) is 0 Å². The molecule has 1 unspecified atom stereocenters. The van der Waals surface area contributed by atoms with Gasteiger partial charge in [-0.25, -0.2) is 0 Å². The van der Waals surface area contributed by atoms with Gasteiger partial charge >= 0.3 is 17.9 Å². The minimum atomic E-state index is -0.772. The number of unbranched alkanes of at least 4 members (excludes halogenated alkanes) is 54. The number of carbonyl (C=O) groups excluding carboxylic acids is 3. The molecule has 0 radical (unpaired) electrons. The minimum Gasteiger partial charge on any atom is -0.462 e. The molecule has 6 heteroatoms. The van der Waals surface area contributed by atoms with E-state index in [1.54, 1.807) is 0 Å². The summed E-state index contributed by atoms with van der Waals surface area (Å²) in [5.74, 6) is -0.842. The zero-order valence-electron chi connectivity index (χ0n) is 55.1. The maximum absolute atomic E-state index is 12.9. The van der Waals surface area contributed by atoms with Gasteiger partial charge in [0.15, 0.2) is 6.10 Å². The second kappa shape index (κ2) is 70.4. The predicted octanol–water partition coefficient (Wildman–Crippen LogP) is 25.3. The minimum absolute atomic E-state index is 0.0680. The molecule has 478 valence electrons. The molecule has 0 aliphatic heterocycles. The topological polar surface area (TPSA) is 78.9 Å². The highest BCUT2D eigenvalue weighted by Gasteiger charge is 2.19. The fraction of sp³-hybridized carbons (Fsp3) is 0.907. The average molecular weight is 1140 g/mol. The van der Waals surface area contributed by atoms with Crippen LogP contribution in [0.5, 0.6) is 0 Å². The Hall–Kier alpha value is -2.11. The highest BCUT2D eigenvalue weighted by molar-refractivity contribution is 5.71.